The number of benzene rings is 1. The predicted molar refractivity (Wildman–Crippen MR) is 103 cm³/mol. The zero-order valence-corrected chi connectivity index (χ0v) is 15.8. The first kappa shape index (κ1) is 17.4. The molecule has 0 N–H and O–H groups in total. The number of thiophene rings is 1. The Bertz CT molecular complexity index is 1170. The molecule has 0 aliphatic carbocycles. The van der Waals surface area contributed by atoms with E-state index in [4.69, 9.17) is 9.47 Å². The lowest BCUT2D eigenvalue weighted by molar-refractivity contribution is 0.0467. The van der Waals surface area contributed by atoms with Crippen molar-refractivity contribution in [2.24, 2.45) is 0 Å². The topological polar surface area (TPSA) is 82.8 Å². The Kier molecular flexibility index (Phi) is 4.69. The summed E-state index contributed by atoms with van der Waals surface area (Å²) in [5.41, 5.74) is 0.425. The molecule has 27 heavy (non-hydrogen) atoms. The third-order valence-electron chi connectivity index (χ3n) is 3.69. The van der Waals surface area contributed by atoms with Gasteiger partial charge in [0.1, 0.15) is 12.4 Å². The van der Waals surface area contributed by atoms with Crippen LogP contribution in [0.15, 0.2) is 52.6 Å². The minimum absolute atomic E-state index is 0.103. The van der Waals surface area contributed by atoms with E-state index in [9.17, 15) is 9.59 Å². The summed E-state index contributed by atoms with van der Waals surface area (Å²) in [6.07, 6.45) is 0. The van der Waals surface area contributed by atoms with Gasteiger partial charge in [0.15, 0.2) is 5.01 Å². The van der Waals surface area contributed by atoms with Crippen LogP contribution in [0.1, 0.15) is 16.1 Å². The molecule has 0 aliphatic heterocycles. The molecular formula is C18H13N3O4S2. The molecule has 9 heteroatoms. The largest absolute Gasteiger partial charge is 0.497 e. The average molecular weight is 399 g/mol. The first-order valence-electron chi connectivity index (χ1n) is 7.89. The van der Waals surface area contributed by atoms with Gasteiger partial charge in [0.05, 0.1) is 23.2 Å². The van der Waals surface area contributed by atoms with Gasteiger partial charge in [0.2, 0.25) is 4.96 Å². The number of hydrogen-bond acceptors (Lipinski definition) is 8. The second-order valence-corrected chi connectivity index (χ2v) is 7.38. The van der Waals surface area contributed by atoms with Gasteiger partial charge in [-0.25, -0.2) is 9.78 Å². The van der Waals surface area contributed by atoms with E-state index in [-0.39, 0.29) is 12.2 Å². The minimum atomic E-state index is -0.514. The highest BCUT2D eigenvalue weighted by molar-refractivity contribution is 7.23. The van der Waals surface area contributed by atoms with Crippen LogP contribution in [0, 0.1) is 0 Å². The van der Waals surface area contributed by atoms with E-state index in [1.165, 1.54) is 29.0 Å². The number of aromatic nitrogens is 3. The molecule has 0 aliphatic rings. The van der Waals surface area contributed by atoms with E-state index in [0.717, 1.165) is 9.88 Å². The third-order valence-corrected chi connectivity index (χ3v) is 5.63. The van der Waals surface area contributed by atoms with Gasteiger partial charge in [-0.15, -0.1) is 11.3 Å². The zero-order chi connectivity index (χ0) is 18.8. The SMILES string of the molecule is COc1cccc(C(=O)OCc2cc(=O)n3nc(-c4cccs4)sc3n2)c1. The average Bonchev–Trinajstić information content (AvgIpc) is 3.35. The molecule has 0 saturated carbocycles. The number of nitrogens with zero attached hydrogens (tertiary/aromatic N) is 3. The zero-order valence-electron chi connectivity index (χ0n) is 14.1. The predicted octanol–water partition coefficient (Wildman–Crippen LogP) is 3.25. The summed E-state index contributed by atoms with van der Waals surface area (Å²) >= 11 is 2.85. The summed E-state index contributed by atoms with van der Waals surface area (Å²) in [6.45, 7) is -0.103. The first-order valence-corrected chi connectivity index (χ1v) is 9.58. The lowest BCUT2D eigenvalue weighted by atomic mass is 10.2. The molecule has 0 amide bonds. The quantitative estimate of drug-likeness (QED) is 0.479. The van der Waals surface area contributed by atoms with Gasteiger partial charge in [-0.3, -0.25) is 4.79 Å². The molecule has 0 radical (unpaired) electrons. The number of ether oxygens (including phenoxy) is 2. The van der Waals surface area contributed by atoms with Crippen molar-refractivity contribution in [2.75, 3.05) is 7.11 Å². The van der Waals surface area contributed by atoms with Crippen molar-refractivity contribution in [1.82, 2.24) is 14.6 Å². The molecule has 3 heterocycles. The third kappa shape index (κ3) is 3.60. The van der Waals surface area contributed by atoms with Gasteiger partial charge in [-0.05, 0) is 29.6 Å². The Morgan fingerprint density at radius 3 is 2.89 bits per heavy atom. The Balaban J connectivity index is 1.55. The number of hydrogen-bond donors (Lipinski definition) is 0. The summed E-state index contributed by atoms with van der Waals surface area (Å²) in [7, 11) is 1.52. The van der Waals surface area contributed by atoms with Crippen LogP contribution in [0.3, 0.4) is 0 Å². The Morgan fingerprint density at radius 1 is 1.22 bits per heavy atom. The smallest absolute Gasteiger partial charge is 0.338 e. The summed E-state index contributed by atoms with van der Waals surface area (Å²) in [5.74, 6) is 0.0486. The fourth-order valence-electron chi connectivity index (χ4n) is 2.40. The van der Waals surface area contributed by atoms with Crippen molar-refractivity contribution >= 4 is 33.6 Å². The van der Waals surface area contributed by atoms with E-state index in [1.807, 2.05) is 17.5 Å². The summed E-state index contributed by atoms with van der Waals surface area (Å²) in [4.78, 5) is 30.3. The molecule has 0 saturated heterocycles. The summed E-state index contributed by atoms with van der Waals surface area (Å²) in [6, 6.07) is 11.8. The Morgan fingerprint density at radius 2 is 2.11 bits per heavy atom. The second kappa shape index (κ2) is 7.29. The van der Waals surface area contributed by atoms with Crippen LogP contribution in [-0.4, -0.2) is 27.7 Å². The normalized spacial score (nSPS) is 10.9. The molecule has 0 unspecified atom stereocenters. The van der Waals surface area contributed by atoms with E-state index < -0.39 is 5.97 Å². The van der Waals surface area contributed by atoms with Crippen LogP contribution in [0.2, 0.25) is 0 Å². The molecular weight excluding hydrogens is 386 g/mol. The van der Waals surface area contributed by atoms with Gasteiger partial charge in [0.25, 0.3) is 5.56 Å². The first-order chi connectivity index (χ1) is 13.1. The summed E-state index contributed by atoms with van der Waals surface area (Å²) < 4.78 is 11.6. The molecule has 136 valence electrons. The molecule has 0 spiro atoms. The van der Waals surface area contributed by atoms with E-state index in [0.29, 0.717) is 22.0 Å². The van der Waals surface area contributed by atoms with Crippen LogP contribution in [-0.2, 0) is 11.3 Å². The van der Waals surface area contributed by atoms with E-state index in [2.05, 4.69) is 10.1 Å². The van der Waals surface area contributed by atoms with Gasteiger partial charge in [0, 0.05) is 6.07 Å². The standard InChI is InChI=1S/C18H13N3O4S2/c1-24-13-5-2-4-11(8-13)17(23)25-10-12-9-15(22)21-18(19-12)27-16(20-21)14-6-3-7-26-14/h2-9H,10H2,1H3. The second-order valence-electron chi connectivity index (χ2n) is 5.47. The maximum atomic E-state index is 12.3. The number of rotatable bonds is 5. The van der Waals surface area contributed by atoms with Crippen molar-refractivity contribution in [2.45, 2.75) is 6.61 Å². The highest BCUT2D eigenvalue weighted by Crippen LogP contribution is 2.28. The molecule has 0 bridgehead atoms. The van der Waals surface area contributed by atoms with Crippen LogP contribution >= 0.6 is 22.7 Å². The Hall–Kier alpha value is -3.04. The highest BCUT2D eigenvalue weighted by atomic mass is 32.1. The molecule has 4 aromatic rings. The lowest BCUT2D eigenvalue weighted by Crippen LogP contribution is -2.16. The molecule has 4 rings (SSSR count). The van der Waals surface area contributed by atoms with Crippen LogP contribution in [0.25, 0.3) is 14.8 Å². The molecule has 3 aromatic heterocycles. The van der Waals surface area contributed by atoms with Crippen molar-refractivity contribution in [1.29, 1.82) is 0 Å². The monoisotopic (exact) mass is 399 g/mol. The Labute approximate surface area is 161 Å². The van der Waals surface area contributed by atoms with E-state index in [1.54, 1.807) is 35.6 Å². The van der Waals surface area contributed by atoms with Crippen molar-refractivity contribution in [3.8, 4) is 15.6 Å². The van der Waals surface area contributed by atoms with Crippen molar-refractivity contribution in [3.05, 3.63) is 69.5 Å². The fourth-order valence-corrected chi connectivity index (χ4v) is 4.12. The van der Waals surface area contributed by atoms with Gasteiger partial charge < -0.3 is 9.47 Å². The van der Waals surface area contributed by atoms with Crippen LogP contribution in [0.5, 0.6) is 5.75 Å². The number of esters is 1. The maximum Gasteiger partial charge on any atom is 0.338 e. The number of carbonyl (C=O) groups excluding carboxylic acids is 1. The van der Waals surface area contributed by atoms with Gasteiger partial charge in [-0.2, -0.15) is 9.61 Å². The molecule has 7 nitrogen and oxygen atoms in total. The number of fused-ring (bicyclic) bond motifs is 1. The highest BCUT2D eigenvalue weighted by Gasteiger charge is 2.13. The minimum Gasteiger partial charge on any atom is -0.497 e. The van der Waals surface area contributed by atoms with Crippen molar-refractivity contribution in [3.63, 3.8) is 0 Å². The number of methoxy groups -OCH3 is 1. The molecule has 0 fully saturated rings. The van der Waals surface area contributed by atoms with Gasteiger partial charge in [-0.1, -0.05) is 23.5 Å². The molecule has 0 atom stereocenters. The van der Waals surface area contributed by atoms with Crippen molar-refractivity contribution < 1.29 is 14.3 Å². The van der Waals surface area contributed by atoms with Crippen LogP contribution in [0.4, 0.5) is 0 Å². The number of carbonyl (C=O) groups is 1. The molecule has 1 aromatic carbocycles. The maximum absolute atomic E-state index is 12.3. The lowest BCUT2D eigenvalue weighted by Gasteiger charge is -2.05. The van der Waals surface area contributed by atoms with Crippen LogP contribution < -0.4 is 10.3 Å². The summed E-state index contributed by atoms with van der Waals surface area (Å²) in [5, 5.41) is 6.97. The van der Waals surface area contributed by atoms with Gasteiger partial charge >= 0.3 is 5.97 Å². The van der Waals surface area contributed by atoms with E-state index >= 15 is 0 Å². The fraction of sp³-hybridized carbons (Fsp3) is 0.111.